The van der Waals surface area contributed by atoms with Gasteiger partial charge in [-0.2, -0.15) is 0 Å². The summed E-state index contributed by atoms with van der Waals surface area (Å²) in [6.45, 7) is 0.897. The standard InChI is InChI=1S/C10H17NO2/c1-13-10(12)11-7-3-5-8-4-2-6-9(8)11/h8-9H,2-7H2,1H3. The van der Waals surface area contributed by atoms with Gasteiger partial charge in [0.05, 0.1) is 7.11 Å². The van der Waals surface area contributed by atoms with E-state index in [0.717, 1.165) is 18.9 Å². The van der Waals surface area contributed by atoms with Gasteiger partial charge in [0, 0.05) is 12.6 Å². The summed E-state index contributed by atoms with van der Waals surface area (Å²) in [5, 5.41) is 0. The van der Waals surface area contributed by atoms with Crippen LogP contribution in [0.3, 0.4) is 0 Å². The van der Waals surface area contributed by atoms with Crippen LogP contribution in [0.25, 0.3) is 0 Å². The summed E-state index contributed by atoms with van der Waals surface area (Å²) in [7, 11) is 1.47. The molecular weight excluding hydrogens is 166 g/mol. The zero-order valence-corrected chi connectivity index (χ0v) is 8.16. The highest BCUT2D eigenvalue weighted by Crippen LogP contribution is 2.36. The lowest BCUT2D eigenvalue weighted by Gasteiger charge is -2.36. The third-order valence-corrected chi connectivity index (χ3v) is 3.40. The lowest BCUT2D eigenvalue weighted by molar-refractivity contribution is 0.0757. The fourth-order valence-corrected chi connectivity index (χ4v) is 2.80. The first-order valence-electron chi connectivity index (χ1n) is 5.17. The highest BCUT2D eigenvalue weighted by atomic mass is 16.5. The quantitative estimate of drug-likeness (QED) is 0.575. The first-order valence-corrected chi connectivity index (χ1v) is 5.17. The number of hydrogen-bond acceptors (Lipinski definition) is 2. The van der Waals surface area contributed by atoms with E-state index in [4.69, 9.17) is 4.74 Å². The molecule has 13 heavy (non-hydrogen) atoms. The number of piperidine rings is 1. The zero-order chi connectivity index (χ0) is 9.26. The van der Waals surface area contributed by atoms with Crippen molar-refractivity contribution in [1.29, 1.82) is 0 Å². The van der Waals surface area contributed by atoms with Crippen molar-refractivity contribution < 1.29 is 9.53 Å². The van der Waals surface area contributed by atoms with Crippen molar-refractivity contribution >= 4 is 6.09 Å². The number of fused-ring (bicyclic) bond motifs is 1. The van der Waals surface area contributed by atoms with Crippen LogP contribution in [0.2, 0.25) is 0 Å². The summed E-state index contributed by atoms with van der Waals surface area (Å²) >= 11 is 0. The normalized spacial score (nSPS) is 32.8. The van der Waals surface area contributed by atoms with E-state index < -0.39 is 0 Å². The Kier molecular flexibility index (Phi) is 2.42. The summed E-state index contributed by atoms with van der Waals surface area (Å²) in [5.74, 6) is 0.757. The Morgan fingerprint density at radius 2 is 2.08 bits per heavy atom. The maximum Gasteiger partial charge on any atom is 0.409 e. The SMILES string of the molecule is COC(=O)N1CCCC2CCCC21. The summed E-state index contributed by atoms with van der Waals surface area (Å²) in [6.07, 6.45) is 6.09. The van der Waals surface area contributed by atoms with Crippen LogP contribution in [0.5, 0.6) is 0 Å². The smallest absolute Gasteiger partial charge is 0.409 e. The Hall–Kier alpha value is -0.730. The number of methoxy groups -OCH3 is 1. The molecule has 2 unspecified atom stereocenters. The molecule has 74 valence electrons. The number of ether oxygens (including phenoxy) is 1. The minimum atomic E-state index is -0.128. The second-order valence-corrected chi connectivity index (χ2v) is 4.06. The van der Waals surface area contributed by atoms with Gasteiger partial charge < -0.3 is 9.64 Å². The highest BCUT2D eigenvalue weighted by Gasteiger charge is 2.37. The number of likely N-dealkylation sites (tertiary alicyclic amines) is 1. The molecule has 0 N–H and O–H groups in total. The second-order valence-electron chi connectivity index (χ2n) is 4.06. The topological polar surface area (TPSA) is 29.5 Å². The number of hydrogen-bond donors (Lipinski definition) is 0. The molecule has 0 radical (unpaired) electrons. The molecule has 0 aromatic rings. The Morgan fingerprint density at radius 3 is 2.85 bits per heavy atom. The Balaban J connectivity index is 2.05. The van der Waals surface area contributed by atoms with Gasteiger partial charge in [-0.3, -0.25) is 0 Å². The van der Waals surface area contributed by atoms with Gasteiger partial charge in [0.1, 0.15) is 0 Å². The van der Waals surface area contributed by atoms with Gasteiger partial charge in [-0.15, -0.1) is 0 Å². The van der Waals surface area contributed by atoms with Gasteiger partial charge in [0.15, 0.2) is 0 Å². The van der Waals surface area contributed by atoms with Crippen molar-refractivity contribution in [3.63, 3.8) is 0 Å². The second kappa shape index (κ2) is 3.56. The summed E-state index contributed by atoms with van der Waals surface area (Å²) in [4.78, 5) is 13.3. The first-order chi connectivity index (χ1) is 6.33. The average molecular weight is 183 g/mol. The molecule has 2 atom stereocenters. The van der Waals surface area contributed by atoms with E-state index in [1.54, 1.807) is 0 Å². The lowest BCUT2D eigenvalue weighted by Crippen LogP contribution is -2.46. The molecule has 2 aliphatic rings. The summed E-state index contributed by atoms with van der Waals surface area (Å²) in [6, 6.07) is 0.487. The van der Waals surface area contributed by atoms with Crippen molar-refractivity contribution in [3.8, 4) is 0 Å². The molecule has 1 saturated carbocycles. The number of nitrogens with zero attached hydrogens (tertiary/aromatic N) is 1. The van der Waals surface area contributed by atoms with Gasteiger partial charge in [-0.25, -0.2) is 4.79 Å². The number of amides is 1. The van der Waals surface area contributed by atoms with E-state index in [0.29, 0.717) is 6.04 Å². The molecule has 2 rings (SSSR count). The predicted molar refractivity (Wildman–Crippen MR) is 49.5 cm³/mol. The molecule has 0 bridgehead atoms. The molecule has 1 heterocycles. The third kappa shape index (κ3) is 1.52. The van der Waals surface area contributed by atoms with E-state index in [-0.39, 0.29) is 6.09 Å². The zero-order valence-electron chi connectivity index (χ0n) is 8.16. The van der Waals surface area contributed by atoms with Crippen LogP contribution in [0.1, 0.15) is 32.1 Å². The van der Waals surface area contributed by atoms with E-state index >= 15 is 0 Å². The Labute approximate surface area is 79.0 Å². The molecule has 1 amide bonds. The average Bonchev–Trinajstić information content (AvgIpc) is 2.63. The minimum absolute atomic E-state index is 0.128. The highest BCUT2D eigenvalue weighted by molar-refractivity contribution is 5.68. The fourth-order valence-electron chi connectivity index (χ4n) is 2.80. The van der Waals surface area contributed by atoms with E-state index in [1.165, 1.54) is 32.8 Å². The van der Waals surface area contributed by atoms with Crippen LogP contribution >= 0.6 is 0 Å². The number of rotatable bonds is 0. The molecule has 3 nitrogen and oxygen atoms in total. The third-order valence-electron chi connectivity index (χ3n) is 3.40. The van der Waals surface area contributed by atoms with E-state index in [9.17, 15) is 4.79 Å². The maximum absolute atomic E-state index is 11.4. The minimum Gasteiger partial charge on any atom is -0.453 e. The molecule has 0 aromatic carbocycles. The lowest BCUT2D eigenvalue weighted by atomic mass is 9.92. The van der Waals surface area contributed by atoms with Crippen LogP contribution in [0, 0.1) is 5.92 Å². The van der Waals surface area contributed by atoms with Crippen LogP contribution in [-0.4, -0.2) is 30.7 Å². The van der Waals surface area contributed by atoms with Crippen LogP contribution in [0.4, 0.5) is 4.79 Å². The van der Waals surface area contributed by atoms with E-state index in [1.807, 2.05) is 4.90 Å². The molecule has 1 aliphatic heterocycles. The molecule has 1 aliphatic carbocycles. The van der Waals surface area contributed by atoms with Crippen molar-refractivity contribution in [1.82, 2.24) is 4.90 Å². The maximum atomic E-state index is 11.4. The Morgan fingerprint density at radius 1 is 1.31 bits per heavy atom. The van der Waals surface area contributed by atoms with Crippen molar-refractivity contribution in [3.05, 3.63) is 0 Å². The predicted octanol–water partition coefficient (Wildman–Crippen LogP) is 2.02. The van der Waals surface area contributed by atoms with Gasteiger partial charge >= 0.3 is 6.09 Å². The Bertz CT molecular complexity index is 205. The van der Waals surface area contributed by atoms with Crippen LogP contribution in [0.15, 0.2) is 0 Å². The summed E-state index contributed by atoms with van der Waals surface area (Å²) < 4.78 is 4.78. The number of carbonyl (C=O) groups excluding carboxylic acids is 1. The van der Waals surface area contributed by atoms with Crippen molar-refractivity contribution in [2.75, 3.05) is 13.7 Å². The largest absolute Gasteiger partial charge is 0.453 e. The summed E-state index contributed by atoms with van der Waals surface area (Å²) in [5.41, 5.74) is 0. The molecule has 0 aromatic heterocycles. The monoisotopic (exact) mass is 183 g/mol. The molecule has 3 heteroatoms. The molecule has 0 spiro atoms. The molecule has 1 saturated heterocycles. The van der Waals surface area contributed by atoms with Gasteiger partial charge in [-0.1, -0.05) is 6.42 Å². The molecular formula is C10H17NO2. The van der Waals surface area contributed by atoms with Gasteiger partial charge in [0.25, 0.3) is 0 Å². The fraction of sp³-hybridized carbons (Fsp3) is 0.900. The van der Waals surface area contributed by atoms with Gasteiger partial charge in [0.2, 0.25) is 0 Å². The van der Waals surface area contributed by atoms with Crippen LogP contribution in [-0.2, 0) is 4.74 Å². The number of carbonyl (C=O) groups is 1. The van der Waals surface area contributed by atoms with E-state index in [2.05, 4.69) is 0 Å². The van der Waals surface area contributed by atoms with Gasteiger partial charge in [-0.05, 0) is 31.6 Å². The van der Waals surface area contributed by atoms with Crippen molar-refractivity contribution in [2.45, 2.75) is 38.1 Å². The van der Waals surface area contributed by atoms with Crippen LogP contribution < -0.4 is 0 Å². The molecule has 2 fully saturated rings. The first kappa shape index (κ1) is 8.85. The van der Waals surface area contributed by atoms with Crippen molar-refractivity contribution in [2.24, 2.45) is 5.92 Å².